The van der Waals surface area contributed by atoms with Crippen molar-refractivity contribution >= 4 is 27.3 Å². The zero-order valence-electron chi connectivity index (χ0n) is 13.4. The maximum Gasteiger partial charge on any atom is 0.252 e. The second-order valence-electron chi connectivity index (χ2n) is 5.67. The third-order valence-corrected chi connectivity index (χ3v) is 6.63. The van der Waals surface area contributed by atoms with Crippen molar-refractivity contribution in [3.05, 3.63) is 40.3 Å². The molecule has 0 aromatic carbocycles. The van der Waals surface area contributed by atoms with Crippen LogP contribution in [0.2, 0.25) is 0 Å². The third-order valence-electron chi connectivity index (χ3n) is 4.16. The number of amides is 1. The zero-order valence-corrected chi connectivity index (χ0v) is 15.0. The predicted molar refractivity (Wildman–Crippen MR) is 92.4 cm³/mol. The van der Waals surface area contributed by atoms with Gasteiger partial charge >= 0.3 is 0 Å². The summed E-state index contributed by atoms with van der Waals surface area (Å²) in [6.45, 7) is 2.86. The van der Waals surface area contributed by atoms with Gasteiger partial charge in [-0.3, -0.25) is 9.48 Å². The molecule has 1 atom stereocenters. The van der Waals surface area contributed by atoms with E-state index >= 15 is 0 Å². The molecule has 2 aromatic heterocycles. The van der Waals surface area contributed by atoms with E-state index in [0.29, 0.717) is 31.6 Å². The highest BCUT2D eigenvalue weighted by molar-refractivity contribution is 7.89. The molecule has 1 amide bonds. The number of rotatable bonds is 6. The molecule has 7 nitrogen and oxygen atoms in total. The van der Waals surface area contributed by atoms with Crippen molar-refractivity contribution in [1.29, 1.82) is 0 Å². The van der Waals surface area contributed by atoms with Gasteiger partial charge in [0.05, 0.1) is 24.0 Å². The van der Waals surface area contributed by atoms with Crippen LogP contribution in [0.15, 0.2) is 29.1 Å². The SMILES string of the molecule is CCS(=O)(=O)N1Cc2ccnn2C(CCNC(=O)c2ccsc2)C1. The molecule has 1 N–H and O–H groups in total. The van der Waals surface area contributed by atoms with Crippen molar-refractivity contribution < 1.29 is 13.2 Å². The fourth-order valence-electron chi connectivity index (χ4n) is 2.81. The third kappa shape index (κ3) is 3.52. The van der Waals surface area contributed by atoms with Crippen LogP contribution in [0.1, 0.15) is 35.4 Å². The topological polar surface area (TPSA) is 84.3 Å². The molecule has 24 heavy (non-hydrogen) atoms. The van der Waals surface area contributed by atoms with E-state index in [2.05, 4.69) is 10.4 Å². The van der Waals surface area contributed by atoms with Gasteiger partial charge in [-0.05, 0) is 30.9 Å². The first-order valence-corrected chi connectivity index (χ1v) is 10.4. The van der Waals surface area contributed by atoms with Crippen molar-refractivity contribution in [2.45, 2.75) is 25.9 Å². The molecule has 2 aromatic rings. The van der Waals surface area contributed by atoms with Crippen LogP contribution in [0, 0.1) is 0 Å². The minimum Gasteiger partial charge on any atom is -0.352 e. The molecule has 1 unspecified atom stereocenters. The lowest BCUT2D eigenvalue weighted by Gasteiger charge is -2.33. The predicted octanol–water partition coefficient (Wildman–Crippen LogP) is 1.47. The van der Waals surface area contributed by atoms with Crippen molar-refractivity contribution in [3.8, 4) is 0 Å². The summed E-state index contributed by atoms with van der Waals surface area (Å²) >= 11 is 1.48. The van der Waals surface area contributed by atoms with Gasteiger partial charge in [-0.2, -0.15) is 20.7 Å². The lowest BCUT2D eigenvalue weighted by atomic mass is 10.1. The Morgan fingerprint density at radius 3 is 3.00 bits per heavy atom. The van der Waals surface area contributed by atoms with Crippen LogP contribution in [-0.4, -0.2) is 47.3 Å². The Hall–Kier alpha value is -1.71. The minimum absolute atomic E-state index is 0.0761. The van der Waals surface area contributed by atoms with Gasteiger partial charge in [-0.25, -0.2) is 8.42 Å². The van der Waals surface area contributed by atoms with Gasteiger partial charge in [0.1, 0.15) is 0 Å². The Labute approximate surface area is 145 Å². The molecule has 0 spiro atoms. The van der Waals surface area contributed by atoms with Crippen LogP contribution < -0.4 is 5.32 Å². The number of hydrogen-bond acceptors (Lipinski definition) is 5. The molecule has 0 fully saturated rings. The van der Waals surface area contributed by atoms with Crippen LogP contribution in [0.4, 0.5) is 0 Å². The lowest BCUT2D eigenvalue weighted by molar-refractivity contribution is 0.0950. The molecule has 9 heteroatoms. The van der Waals surface area contributed by atoms with Gasteiger partial charge in [0.25, 0.3) is 5.91 Å². The highest BCUT2D eigenvalue weighted by atomic mass is 32.2. The largest absolute Gasteiger partial charge is 0.352 e. The zero-order chi connectivity index (χ0) is 17.2. The number of nitrogens with one attached hydrogen (secondary N) is 1. The summed E-state index contributed by atoms with van der Waals surface area (Å²) in [5.41, 5.74) is 1.53. The van der Waals surface area contributed by atoms with Crippen molar-refractivity contribution in [2.24, 2.45) is 0 Å². The Balaban J connectivity index is 1.65. The average molecular weight is 368 g/mol. The van der Waals surface area contributed by atoms with E-state index in [1.807, 2.05) is 16.1 Å². The first kappa shape index (κ1) is 17.1. The van der Waals surface area contributed by atoms with Crippen molar-refractivity contribution in [2.75, 3.05) is 18.8 Å². The first-order chi connectivity index (χ1) is 11.5. The summed E-state index contributed by atoms with van der Waals surface area (Å²) < 4.78 is 27.8. The highest BCUT2D eigenvalue weighted by Gasteiger charge is 2.31. The van der Waals surface area contributed by atoms with Crippen LogP contribution in [0.25, 0.3) is 0 Å². The van der Waals surface area contributed by atoms with Gasteiger partial charge in [0.2, 0.25) is 10.0 Å². The summed E-state index contributed by atoms with van der Waals surface area (Å²) in [5.74, 6) is -0.0197. The molecule has 0 saturated carbocycles. The minimum atomic E-state index is -3.25. The van der Waals surface area contributed by atoms with Crippen LogP contribution in [-0.2, 0) is 16.6 Å². The summed E-state index contributed by atoms with van der Waals surface area (Å²) in [6, 6.07) is 3.55. The highest BCUT2D eigenvalue weighted by Crippen LogP contribution is 2.24. The second kappa shape index (κ2) is 7.04. The molecule has 3 rings (SSSR count). The van der Waals surface area contributed by atoms with E-state index in [0.717, 1.165) is 5.69 Å². The molecule has 1 aliphatic rings. The number of sulfonamides is 1. The molecule has 0 aliphatic carbocycles. The fraction of sp³-hybridized carbons (Fsp3) is 0.467. The first-order valence-electron chi connectivity index (χ1n) is 7.82. The molecule has 1 aliphatic heterocycles. The number of aromatic nitrogens is 2. The van der Waals surface area contributed by atoms with Crippen LogP contribution >= 0.6 is 11.3 Å². The summed E-state index contributed by atoms with van der Waals surface area (Å²) in [7, 11) is -3.25. The maximum atomic E-state index is 12.2. The van der Waals surface area contributed by atoms with Gasteiger partial charge < -0.3 is 5.32 Å². The van der Waals surface area contributed by atoms with Crippen molar-refractivity contribution in [3.63, 3.8) is 0 Å². The van der Waals surface area contributed by atoms with Gasteiger partial charge in [0, 0.05) is 30.2 Å². The normalized spacial score (nSPS) is 18.3. The number of carbonyl (C=O) groups excluding carboxylic acids is 1. The summed E-state index contributed by atoms with van der Waals surface area (Å²) in [4.78, 5) is 12.0. The Bertz CT molecular complexity index is 799. The lowest BCUT2D eigenvalue weighted by Crippen LogP contribution is -2.42. The number of thiophene rings is 1. The smallest absolute Gasteiger partial charge is 0.252 e. The molecule has 130 valence electrons. The van der Waals surface area contributed by atoms with Gasteiger partial charge in [-0.1, -0.05) is 0 Å². The molecular weight excluding hydrogens is 348 g/mol. The Morgan fingerprint density at radius 2 is 2.29 bits per heavy atom. The molecule has 0 bridgehead atoms. The van der Waals surface area contributed by atoms with Gasteiger partial charge in [0.15, 0.2) is 0 Å². The fourth-order valence-corrected chi connectivity index (χ4v) is 4.54. The van der Waals surface area contributed by atoms with E-state index in [1.54, 1.807) is 24.6 Å². The van der Waals surface area contributed by atoms with Gasteiger partial charge in [-0.15, -0.1) is 0 Å². The number of nitrogens with zero attached hydrogens (tertiary/aromatic N) is 3. The van der Waals surface area contributed by atoms with Crippen molar-refractivity contribution in [1.82, 2.24) is 19.4 Å². The summed E-state index contributed by atoms with van der Waals surface area (Å²) in [5, 5.41) is 10.9. The number of carbonyl (C=O) groups is 1. The standard InChI is InChI=1S/C15H20N4O3S2/c1-2-24(21,22)18-9-13(19-14(10-18)4-7-17-19)3-6-16-15(20)12-5-8-23-11-12/h4-5,7-8,11,13H,2-3,6,9-10H2,1H3,(H,16,20). The molecular formula is C15H20N4O3S2. The average Bonchev–Trinajstić information content (AvgIpc) is 3.25. The van der Waals surface area contributed by atoms with E-state index in [9.17, 15) is 13.2 Å². The quantitative estimate of drug-likeness (QED) is 0.837. The van der Waals surface area contributed by atoms with E-state index in [-0.39, 0.29) is 17.7 Å². The maximum absolute atomic E-state index is 12.2. The summed E-state index contributed by atoms with van der Waals surface area (Å²) in [6.07, 6.45) is 2.31. The number of fused-ring (bicyclic) bond motifs is 1. The van der Waals surface area contributed by atoms with Crippen LogP contribution in [0.3, 0.4) is 0 Å². The van der Waals surface area contributed by atoms with E-state index in [4.69, 9.17) is 0 Å². The molecule has 0 radical (unpaired) electrons. The molecule has 0 saturated heterocycles. The Kier molecular flexibility index (Phi) is 5.02. The van der Waals surface area contributed by atoms with Crippen LogP contribution in [0.5, 0.6) is 0 Å². The van der Waals surface area contributed by atoms with E-state index < -0.39 is 10.0 Å². The monoisotopic (exact) mass is 368 g/mol. The Morgan fingerprint density at radius 1 is 1.46 bits per heavy atom. The second-order valence-corrected chi connectivity index (χ2v) is 8.71. The number of hydrogen-bond donors (Lipinski definition) is 1. The van der Waals surface area contributed by atoms with E-state index in [1.165, 1.54) is 15.6 Å². The molecule has 3 heterocycles.